The van der Waals surface area contributed by atoms with Gasteiger partial charge in [-0.25, -0.2) is 4.39 Å². The Morgan fingerprint density at radius 3 is 2.50 bits per heavy atom. The minimum atomic E-state index is -0.860. The molecule has 10 heteroatoms. The first kappa shape index (κ1) is 24.0. The molecule has 2 N–H and O–H groups in total. The van der Waals surface area contributed by atoms with E-state index in [2.05, 4.69) is 15.5 Å². The molecule has 0 radical (unpaired) electrons. The number of rotatable bonds is 6. The zero-order valence-corrected chi connectivity index (χ0v) is 19.4. The molecule has 2 aromatic carbocycles. The topological polar surface area (TPSA) is 85.0 Å². The van der Waals surface area contributed by atoms with Gasteiger partial charge in [-0.05, 0) is 42.5 Å². The van der Waals surface area contributed by atoms with Crippen molar-refractivity contribution in [3.63, 3.8) is 0 Å². The van der Waals surface area contributed by atoms with Gasteiger partial charge < -0.3 is 20.4 Å². The molecule has 0 unspecified atom stereocenters. The lowest BCUT2D eigenvalue weighted by molar-refractivity contribution is -0.145. The quantitative estimate of drug-likeness (QED) is 0.650. The number of hydrogen-bond acceptors (Lipinski definition) is 5. The van der Waals surface area contributed by atoms with Crippen LogP contribution in [0.3, 0.4) is 0 Å². The van der Waals surface area contributed by atoms with Gasteiger partial charge >= 0.3 is 0 Å². The van der Waals surface area contributed by atoms with Crippen LogP contribution >= 0.6 is 11.6 Å². The second kappa shape index (κ2) is 10.8. The molecule has 0 saturated carbocycles. The zero-order chi connectivity index (χ0) is 24.1. The van der Waals surface area contributed by atoms with E-state index >= 15 is 0 Å². The SMILES string of the molecule is O=C(C[C@@H]1C(=O)NCCN1C(=O)CN1CCN(c2ccc(F)cc2)CC1)Nc1cccc(Cl)c1. The first-order valence-corrected chi connectivity index (χ1v) is 11.6. The Hall–Kier alpha value is -3.17. The third-order valence-electron chi connectivity index (χ3n) is 6.06. The second-order valence-corrected chi connectivity index (χ2v) is 8.83. The summed E-state index contributed by atoms with van der Waals surface area (Å²) >= 11 is 5.96. The summed E-state index contributed by atoms with van der Waals surface area (Å²) in [5, 5.41) is 5.97. The molecule has 2 heterocycles. The van der Waals surface area contributed by atoms with Crippen molar-refractivity contribution < 1.29 is 18.8 Å². The van der Waals surface area contributed by atoms with Gasteiger partial charge in [-0.2, -0.15) is 0 Å². The fourth-order valence-electron chi connectivity index (χ4n) is 4.27. The molecule has 2 aromatic rings. The number of anilines is 2. The zero-order valence-electron chi connectivity index (χ0n) is 18.7. The molecular weight excluding hydrogens is 461 g/mol. The van der Waals surface area contributed by atoms with E-state index in [9.17, 15) is 18.8 Å². The van der Waals surface area contributed by atoms with Crippen molar-refractivity contribution >= 4 is 40.7 Å². The molecule has 2 aliphatic rings. The fourth-order valence-corrected chi connectivity index (χ4v) is 4.46. The van der Waals surface area contributed by atoms with Crippen LogP contribution in [0.5, 0.6) is 0 Å². The summed E-state index contributed by atoms with van der Waals surface area (Å²) in [5.41, 5.74) is 1.48. The van der Waals surface area contributed by atoms with Gasteiger partial charge in [-0.1, -0.05) is 17.7 Å². The minimum absolute atomic E-state index is 0.136. The van der Waals surface area contributed by atoms with E-state index in [0.717, 1.165) is 5.69 Å². The molecule has 0 aliphatic carbocycles. The van der Waals surface area contributed by atoms with E-state index in [-0.39, 0.29) is 36.5 Å². The summed E-state index contributed by atoms with van der Waals surface area (Å²) in [6, 6.07) is 12.3. The number of nitrogens with zero attached hydrogens (tertiary/aromatic N) is 3. The van der Waals surface area contributed by atoms with Crippen molar-refractivity contribution in [2.75, 3.05) is 56.0 Å². The average molecular weight is 488 g/mol. The van der Waals surface area contributed by atoms with Crippen LogP contribution in [0.1, 0.15) is 6.42 Å². The number of amides is 3. The summed E-state index contributed by atoms with van der Waals surface area (Å²) in [4.78, 5) is 43.9. The summed E-state index contributed by atoms with van der Waals surface area (Å²) < 4.78 is 13.2. The molecule has 0 spiro atoms. The van der Waals surface area contributed by atoms with Gasteiger partial charge in [0.2, 0.25) is 17.7 Å². The Bertz CT molecular complexity index is 1040. The van der Waals surface area contributed by atoms with E-state index < -0.39 is 6.04 Å². The van der Waals surface area contributed by atoms with Gasteiger partial charge in [-0.15, -0.1) is 0 Å². The molecule has 4 rings (SSSR count). The maximum Gasteiger partial charge on any atom is 0.243 e. The first-order valence-electron chi connectivity index (χ1n) is 11.2. The molecule has 2 saturated heterocycles. The van der Waals surface area contributed by atoms with Crippen LogP contribution in [-0.2, 0) is 14.4 Å². The predicted octanol–water partition coefficient (Wildman–Crippen LogP) is 1.96. The van der Waals surface area contributed by atoms with Crippen molar-refractivity contribution in [1.82, 2.24) is 15.1 Å². The number of carbonyl (C=O) groups is 3. The van der Waals surface area contributed by atoms with E-state index in [1.165, 1.54) is 17.0 Å². The van der Waals surface area contributed by atoms with Crippen LogP contribution in [-0.4, -0.2) is 79.4 Å². The summed E-state index contributed by atoms with van der Waals surface area (Å²) in [6.45, 7) is 3.66. The minimum Gasteiger partial charge on any atom is -0.369 e. The number of hydrogen-bond donors (Lipinski definition) is 2. The van der Waals surface area contributed by atoms with Gasteiger partial charge in [-0.3, -0.25) is 19.3 Å². The summed E-state index contributed by atoms with van der Waals surface area (Å²) in [5.74, 6) is -1.14. The average Bonchev–Trinajstić information content (AvgIpc) is 2.81. The van der Waals surface area contributed by atoms with Gasteiger partial charge in [0.05, 0.1) is 13.0 Å². The number of halogens is 2. The Balaban J connectivity index is 1.32. The normalized spacial score (nSPS) is 19.0. The van der Waals surface area contributed by atoms with Crippen LogP contribution in [0.4, 0.5) is 15.8 Å². The number of piperazine rings is 2. The molecule has 1 atom stereocenters. The molecule has 8 nitrogen and oxygen atoms in total. The van der Waals surface area contributed by atoms with Gasteiger partial charge in [0.1, 0.15) is 11.9 Å². The first-order chi connectivity index (χ1) is 16.4. The van der Waals surface area contributed by atoms with Crippen LogP contribution in [0.15, 0.2) is 48.5 Å². The fraction of sp³-hybridized carbons (Fsp3) is 0.375. The van der Waals surface area contributed by atoms with Gasteiger partial charge in [0, 0.05) is 55.7 Å². The molecule has 0 bridgehead atoms. The van der Waals surface area contributed by atoms with Crippen LogP contribution < -0.4 is 15.5 Å². The number of nitrogens with one attached hydrogen (secondary N) is 2. The monoisotopic (exact) mass is 487 g/mol. The van der Waals surface area contributed by atoms with Crippen LogP contribution in [0.25, 0.3) is 0 Å². The maximum atomic E-state index is 13.2. The highest BCUT2D eigenvalue weighted by atomic mass is 35.5. The highest BCUT2D eigenvalue weighted by molar-refractivity contribution is 6.30. The standard InChI is InChI=1S/C24H27ClFN5O3/c25-17-2-1-3-19(14-17)28-22(32)15-21-24(34)27-8-9-31(21)23(33)16-29-10-12-30(13-11-29)20-6-4-18(26)5-7-20/h1-7,14,21H,8-13,15-16H2,(H,27,34)(H,28,32)/t21-/m1/s1. The van der Waals surface area contributed by atoms with Crippen molar-refractivity contribution in [2.45, 2.75) is 12.5 Å². The van der Waals surface area contributed by atoms with E-state index in [4.69, 9.17) is 11.6 Å². The van der Waals surface area contributed by atoms with Gasteiger partial charge in [0.15, 0.2) is 0 Å². The Morgan fingerprint density at radius 1 is 1.06 bits per heavy atom. The number of benzene rings is 2. The summed E-state index contributed by atoms with van der Waals surface area (Å²) in [7, 11) is 0. The van der Waals surface area contributed by atoms with Crippen molar-refractivity contribution in [3.8, 4) is 0 Å². The van der Waals surface area contributed by atoms with Gasteiger partial charge in [0.25, 0.3) is 0 Å². The molecule has 3 amide bonds. The third kappa shape index (κ3) is 6.03. The lowest BCUT2D eigenvalue weighted by Crippen LogP contribution is -2.60. The predicted molar refractivity (Wildman–Crippen MR) is 128 cm³/mol. The third-order valence-corrected chi connectivity index (χ3v) is 6.30. The van der Waals surface area contributed by atoms with Crippen molar-refractivity contribution in [1.29, 1.82) is 0 Å². The highest BCUT2D eigenvalue weighted by Crippen LogP contribution is 2.19. The van der Waals surface area contributed by atoms with E-state index in [0.29, 0.717) is 50.0 Å². The Kier molecular flexibility index (Phi) is 7.64. The maximum absolute atomic E-state index is 13.2. The smallest absolute Gasteiger partial charge is 0.243 e. The summed E-state index contributed by atoms with van der Waals surface area (Å²) in [6.07, 6.45) is -0.136. The largest absolute Gasteiger partial charge is 0.369 e. The molecule has 180 valence electrons. The van der Waals surface area contributed by atoms with Crippen LogP contribution in [0.2, 0.25) is 5.02 Å². The highest BCUT2D eigenvalue weighted by Gasteiger charge is 2.35. The molecular formula is C24H27ClFN5O3. The molecule has 34 heavy (non-hydrogen) atoms. The second-order valence-electron chi connectivity index (χ2n) is 8.40. The lowest BCUT2D eigenvalue weighted by atomic mass is 10.1. The van der Waals surface area contributed by atoms with Crippen molar-refractivity contribution in [3.05, 3.63) is 59.4 Å². The molecule has 0 aromatic heterocycles. The lowest BCUT2D eigenvalue weighted by Gasteiger charge is -2.39. The Labute approximate surface area is 202 Å². The Morgan fingerprint density at radius 2 is 1.79 bits per heavy atom. The molecule has 2 aliphatic heterocycles. The molecule has 2 fully saturated rings. The number of carbonyl (C=O) groups excluding carboxylic acids is 3. The van der Waals surface area contributed by atoms with E-state index in [1.807, 2.05) is 4.90 Å². The van der Waals surface area contributed by atoms with E-state index in [1.54, 1.807) is 36.4 Å². The van der Waals surface area contributed by atoms with Crippen molar-refractivity contribution in [2.24, 2.45) is 0 Å². The van der Waals surface area contributed by atoms with Crippen LogP contribution in [0, 0.1) is 5.82 Å².